The zero-order valence-corrected chi connectivity index (χ0v) is 16.3. The fourth-order valence-corrected chi connectivity index (χ4v) is 4.21. The summed E-state index contributed by atoms with van der Waals surface area (Å²) >= 11 is 1.87. The molecule has 0 saturated heterocycles. The number of aromatic nitrogens is 2. The molecular formula is C21H25N5S. The SMILES string of the molecule is C=C(CCC(CSc1cccc2ccccc12)NC)c1ncnc(N)c1N. The molecule has 1 aromatic heterocycles. The number of fused-ring (bicyclic) bond motifs is 1. The Morgan fingerprint density at radius 3 is 2.74 bits per heavy atom. The van der Waals surface area contributed by atoms with Crippen LogP contribution in [0.25, 0.3) is 16.3 Å². The molecule has 0 radical (unpaired) electrons. The minimum atomic E-state index is 0.304. The van der Waals surface area contributed by atoms with Gasteiger partial charge in [-0.15, -0.1) is 11.8 Å². The Balaban J connectivity index is 1.61. The maximum atomic E-state index is 5.98. The van der Waals surface area contributed by atoms with E-state index >= 15 is 0 Å². The number of nitrogens with two attached hydrogens (primary N) is 2. The van der Waals surface area contributed by atoms with Gasteiger partial charge in [0.15, 0.2) is 5.82 Å². The molecule has 1 heterocycles. The standard InChI is InChI=1S/C21H25N5S/c1-14(20-19(22)21(23)26-13-25-20)10-11-16(24-2)12-27-18-9-5-7-15-6-3-4-8-17(15)18/h3-9,13,16,24H,1,10-12,22H2,2H3,(H2,23,25,26). The van der Waals surface area contributed by atoms with Crippen molar-refractivity contribution in [3.63, 3.8) is 0 Å². The highest BCUT2D eigenvalue weighted by Gasteiger charge is 2.13. The maximum Gasteiger partial charge on any atom is 0.150 e. The molecular weight excluding hydrogens is 354 g/mol. The number of thioether (sulfide) groups is 1. The molecule has 140 valence electrons. The lowest BCUT2D eigenvalue weighted by atomic mass is 10.0. The molecule has 0 aliphatic carbocycles. The van der Waals surface area contributed by atoms with Crippen LogP contribution in [-0.4, -0.2) is 28.8 Å². The van der Waals surface area contributed by atoms with Crippen molar-refractivity contribution >= 4 is 39.6 Å². The van der Waals surface area contributed by atoms with Gasteiger partial charge in [-0.3, -0.25) is 0 Å². The first kappa shape index (κ1) is 19.2. The van der Waals surface area contributed by atoms with Crippen molar-refractivity contribution in [2.45, 2.75) is 23.8 Å². The van der Waals surface area contributed by atoms with Gasteiger partial charge < -0.3 is 16.8 Å². The zero-order chi connectivity index (χ0) is 19.2. The maximum absolute atomic E-state index is 5.98. The van der Waals surface area contributed by atoms with Crippen LogP contribution in [0.5, 0.6) is 0 Å². The summed E-state index contributed by atoms with van der Waals surface area (Å²) in [6, 6.07) is 15.3. The van der Waals surface area contributed by atoms with Crippen molar-refractivity contribution in [2.75, 3.05) is 24.3 Å². The Morgan fingerprint density at radius 1 is 1.15 bits per heavy atom. The normalized spacial score (nSPS) is 12.2. The van der Waals surface area contributed by atoms with Crippen LogP contribution in [0.2, 0.25) is 0 Å². The van der Waals surface area contributed by atoms with Gasteiger partial charge in [-0.1, -0.05) is 43.0 Å². The number of nitrogens with zero attached hydrogens (tertiary/aromatic N) is 2. The Hall–Kier alpha value is -2.57. The lowest BCUT2D eigenvalue weighted by Gasteiger charge is -2.17. The minimum Gasteiger partial charge on any atom is -0.394 e. The first-order chi connectivity index (χ1) is 13.1. The van der Waals surface area contributed by atoms with Crippen molar-refractivity contribution in [2.24, 2.45) is 0 Å². The average molecular weight is 380 g/mol. The van der Waals surface area contributed by atoms with Crippen molar-refractivity contribution in [3.8, 4) is 0 Å². The third kappa shape index (κ3) is 4.59. The molecule has 0 spiro atoms. The topological polar surface area (TPSA) is 89.8 Å². The van der Waals surface area contributed by atoms with E-state index in [2.05, 4.69) is 64.3 Å². The predicted octanol–water partition coefficient (Wildman–Crippen LogP) is 3.97. The van der Waals surface area contributed by atoms with E-state index in [4.69, 9.17) is 11.5 Å². The van der Waals surface area contributed by atoms with Crippen molar-refractivity contribution in [1.82, 2.24) is 15.3 Å². The summed E-state index contributed by atoms with van der Waals surface area (Å²) < 4.78 is 0. The van der Waals surface area contributed by atoms with Crippen LogP contribution >= 0.6 is 11.8 Å². The third-order valence-electron chi connectivity index (χ3n) is 4.64. The van der Waals surface area contributed by atoms with Gasteiger partial charge in [0.05, 0.1) is 5.69 Å². The Kier molecular flexibility index (Phi) is 6.32. The number of rotatable bonds is 8. The van der Waals surface area contributed by atoms with E-state index < -0.39 is 0 Å². The summed E-state index contributed by atoms with van der Waals surface area (Å²) in [7, 11) is 1.99. The molecule has 0 aliphatic rings. The van der Waals surface area contributed by atoms with E-state index in [1.807, 2.05) is 18.8 Å². The molecule has 6 heteroatoms. The van der Waals surface area contributed by atoms with E-state index in [0.717, 1.165) is 24.2 Å². The predicted molar refractivity (Wildman–Crippen MR) is 117 cm³/mol. The fourth-order valence-electron chi connectivity index (χ4n) is 2.98. The van der Waals surface area contributed by atoms with Gasteiger partial charge in [0.1, 0.15) is 12.0 Å². The van der Waals surface area contributed by atoms with E-state index in [9.17, 15) is 0 Å². The highest BCUT2D eigenvalue weighted by molar-refractivity contribution is 7.99. The highest BCUT2D eigenvalue weighted by atomic mass is 32.2. The second-order valence-electron chi connectivity index (χ2n) is 6.44. The Morgan fingerprint density at radius 2 is 1.93 bits per heavy atom. The molecule has 1 atom stereocenters. The van der Waals surface area contributed by atoms with Gasteiger partial charge >= 0.3 is 0 Å². The molecule has 3 aromatic rings. The van der Waals surface area contributed by atoms with Crippen molar-refractivity contribution in [3.05, 3.63) is 61.1 Å². The highest BCUT2D eigenvalue weighted by Crippen LogP contribution is 2.30. The number of nitrogens with one attached hydrogen (secondary N) is 1. The largest absolute Gasteiger partial charge is 0.394 e. The molecule has 2 aromatic carbocycles. The summed E-state index contributed by atoms with van der Waals surface area (Å²) in [5, 5.41) is 5.97. The van der Waals surface area contributed by atoms with E-state index in [1.165, 1.54) is 22.0 Å². The second kappa shape index (κ2) is 8.88. The number of anilines is 2. The van der Waals surface area contributed by atoms with Gasteiger partial charge in [0, 0.05) is 16.7 Å². The monoisotopic (exact) mass is 379 g/mol. The Bertz CT molecular complexity index is 936. The van der Waals surface area contributed by atoms with Crippen LogP contribution in [0.1, 0.15) is 18.5 Å². The van der Waals surface area contributed by atoms with Gasteiger partial charge in [0.25, 0.3) is 0 Å². The minimum absolute atomic E-state index is 0.304. The van der Waals surface area contributed by atoms with Crippen molar-refractivity contribution in [1.29, 1.82) is 0 Å². The number of hydrogen-bond donors (Lipinski definition) is 3. The van der Waals surface area contributed by atoms with E-state index in [-0.39, 0.29) is 0 Å². The smallest absolute Gasteiger partial charge is 0.150 e. The molecule has 0 aliphatic heterocycles. The second-order valence-corrected chi connectivity index (χ2v) is 7.50. The lowest BCUT2D eigenvalue weighted by Crippen LogP contribution is -2.27. The van der Waals surface area contributed by atoms with E-state index in [1.54, 1.807) is 0 Å². The first-order valence-electron chi connectivity index (χ1n) is 8.92. The lowest BCUT2D eigenvalue weighted by molar-refractivity contribution is 0.582. The van der Waals surface area contributed by atoms with Gasteiger partial charge in [0.2, 0.25) is 0 Å². The molecule has 5 N–H and O–H groups in total. The number of hydrogen-bond acceptors (Lipinski definition) is 6. The molecule has 1 unspecified atom stereocenters. The van der Waals surface area contributed by atoms with Crippen LogP contribution in [-0.2, 0) is 0 Å². The van der Waals surface area contributed by atoms with Crippen LogP contribution in [0.15, 0.2) is 60.3 Å². The van der Waals surface area contributed by atoms with Crippen LogP contribution in [0.3, 0.4) is 0 Å². The third-order valence-corrected chi connectivity index (χ3v) is 5.88. The summed E-state index contributed by atoms with van der Waals surface area (Å²) in [4.78, 5) is 9.44. The molecule has 0 bridgehead atoms. The Labute approximate surface area is 164 Å². The van der Waals surface area contributed by atoms with Crippen LogP contribution in [0.4, 0.5) is 11.5 Å². The summed E-state index contributed by atoms with van der Waals surface area (Å²) in [6.45, 7) is 4.13. The quantitative estimate of drug-likeness (QED) is 0.513. The van der Waals surface area contributed by atoms with Crippen molar-refractivity contribution < 1.29 is 0 Å². The van der Waals surface area contributed by atoms with Gasteiger partial charge in [-0.05, 0) is 42.3 Å². The first-order valence-corrected chi connectivity index (χ1v) is 9.90. The molecule has 3 rings (SSSR count). The fraction of sp³-hybridized carbons (Fsp3) is 0.238. The summed E-state index contributed by atoms with van der Waals surface area (Å²) in [5.74, 6) is 1.27. The van der Waals surface area contributed by atoms with Crippen LogP contribution in [0, 0.1) is 0 Å². The van der Waals surface area contributed by atoms with Gasteiger partial charge in [-0.25, -0.2) is 9.97 Å². The average Bonchev–Trinajstić information content (AvgIpc) is 2.70. The molecule has 0 fully saturated rings. The van der Waals surface area contributed by atoms with E-state index in [0.29, 0.717) is 23.2 Å². The summed E-state index contributed by atoms with van der Waals surface area (Å²) in [6.07, 6.45) is 3.16. The zero-order valence-electron chi connectivity index (χ0n) is 15.5. The van der Waals surface area contributed by atoms with Gasteiger partial charge in [-0.2, -0.15) is 0 Å². The summed E-state index contributed by atoms with van der Waals surface area (Å²) in [5.41, 5.74) is 13.7. The number of benzene rings is 2. The van der Waals surface area contributed by atoms with Crippen LogP contribution < -0.4 is 16.8 Å². The molecule has 27 heavy (non-hydrogen) atoms. The molecule has 5 nitrogen and oxygen atoms in total. The molecule has 0 saturated carbocycles. The number of allylic oxidation sites excluding steroid dienone is 1. The number of nitrogen functional groups attached to an aromatic ring is 2. The molecule has 0 amide bonds.